The van der Waals surface area contributed by atoms with Crippen molar-refractivity contribution < 1.29 is 22.7 Å². The molecule has 1 aromatic heterocycles. The SMILES string of the molecule is COc1ccc(C(C)=O)cc1-c1ccc(C(F)(F)F)nc1. The summed E-state index contributed by atoms with van der Waals surface area (Å²) in [5.41, 5.74) is 0.452. The average Bonchev–Trinajstić information content (AvgIpc) is 2.45. The van der Waals surface area contributed by atoms with Gasteiger partial charge in [-0.25, -0.2) is 0 Å². The maximum absolute atomic E-state index is 12.5. The van der Waals surface area contributed by atoms with Crippen LogP contribution in [-0.4, -0.2) is 17.9 Å². The van der Waals surface area contributed by atoms with Gasteiger partial charge in [0.25, 0.3) is 0 Å². The first-order valence-electron chi connectivity index (χ1n) is 6.05. The van der Waals surface area contributed by atoms with E-state index < -0.39 is 11.9 Å². The third-order valence-corrected chi connectivity index (χ3v) is 2.97. The number of rotatable bonds is 3. The molecule has 0 N–H and O–H groups in total. The van der Waals surface area contributed by atoms with Crippen molar-refractivity contribution in [2.75, 3.05) is 7.11 Å². The van der Waals surface area contributed by atoms with Crippen molar-refractivity contribution in [2.45, 2.75) is 13.1 Å². The third kappa shape index (κ3) is 3.21. The number of carbonyl (C=O) groups is 1. The summed E-state index contributed by atoms with van der Waals surface area (Å²) in [6.07, 6.45) is -3.37. The molecule has 0 amide bonds. The minimum Gasteiger partial charge on any atom is -0.496 e. The minimum absolute atomic E-state index is 0.140. The zero-order chi connectivity index (χ0) is 15.6. The van der Waals surface area contributed by atoms with Gasteiger partial charge in [0.15, 0.2) is 5.78 Å². The maximum atomic E-state index is 12.5. The lowest BCUT2D eigenvalue weighted by Crippen LogP contribution is -2.07. The lowest BCUT2D eigenvalue weighted by molar-refractivity contribution is -0.141. The number of Topliss-reactive ketones (excluding diaryl/α,β-unsaturated/α-hetero) is 1. The molecule has 0 aliphatic carbocycles. The van der Waals surface area contributed by atoms with Gasteiger partial charge in [-0.2, -0.15) is 13.2 Å². The number of carbonyl (C=O) groups excluding carboxylic acids is 1. The van der Waals surface area contributed by atoms with Crippen LogP contribution in [-0.2, 0) is 6.18 Å². The first-order valence-corrected chi connectivity index (χ1v) is 6.05. The summed E-state index contributed by atoms with van der Waals surface area (Å²) >= 11 is 0. The number of alkyl halides is 3. The van der Waals surface area contributed by atoms with Crippen LogP contribution >= 0.6 is 0 Å². The summed E-state index contributed by atoms with van der Waals surface area (Å²) < 4.78 is 42.7. The van der Waals surface area contributed by atoms with Crippen molar-refractivity contribution in [2.24, 2.45) is 0 Å². The molecule has 0 saturated carbocycles. The Kier molecular flexibility index (Phi) is 3.97. The number of halogens is 3. The normalized spacial score (nSPS) is 11.3. The van der Waals surface area contributed by atoms with E-state index in [4.69, 9.17) is 4.74 Å². The van der Waals surface area contributed by atoms with Crippen LogP contribution in [0.15, 0.2) is 36.5 Å². The number of aromatic nitrogens is 1. The summed E-state index contributed by atoms with van der Waals surface area (Å²) in [5.74, 6) is 0.320. The van der Waals surface area contributed by atoms with Crippen LogP contribution in [0, 0.1) is 0 Å². The molecule has 21 heavy (non-hydrogen) atoms. The number of nitrogens with zero attached hydrogens (tertiary/aromatic N) is 1. The molecule has 0 spiro atoms. The number of methoxy groups -OCH3 is 1. The molecule has 0 unspecified atom stereocenters. The first-order chi connectivity index (χ1) is 9.82. The first kappa shape index (κ1) is 15.0. The molecule has 0 aliphatic rings. The van der Waals surface area contributed by atoms with E-state index in [0.29, 0.717) is 22.4 Å². The Labute approximate surface area is 119 Å². The van der Waals surface area contributed by atoms with Gasteiger partial charge < -0.3 is 4.74 Å². The topological polar surface area (TPSA) is 39.2 Å². The van der Waals surface area contributed by atoms with Crippen molar-refractivity contribution >= 4 is 5.78 Å². The Hall–Kier alpha value is -2.37. The standard InChI is InChI=1S/C15H12F3NO2/c1-9(20)10-3-5-13(21-2)12(7-10)11-4-6-14(19-8-11)15(16,17)18/h3-8H,1-2H3. The predicted molar refractivity (Wildman–Crippen MR) is 71.2 cm³/mol. The van der Waals surface area contributed by atoms with E-state index >= 15 is 0 Å². The van der Waals surface area contributed by atoms with Crippen molar-refractivity contribution in [3.05, 3.63) is 47.8 Å². The summed E-state index contributed by atoms with van der Waals surface area (Å²) in [7, 11) is 1.45. The van der Waals surface area contributed by atoms with Crippen LogP contribution in [0.1, 0.15) is 23.0 Å². The molecule has 0 aliphatic heterocycles. The molecule has 0 atom stereocenters. The molecular formula is C15H12F3NO2. The van der Waals surface area contributed by atoms with Crippen molar-refractivity contribution in [3.8, 4) is 16.9 Å². The Bertz CT molecular complexity index is 664. The van der Waals surface area contributed by atoms with E-state index in [-0.39, 0.29) is 5.78 Å². The third-order valence-electron chi connectivity index (χ3n) is 2.97. The zero-order valence-electron chi connectivity index (χ0n) is 11.4. The van der Waals surface area contributed by atoms with Crippen LogP contribution < -0.4 is 4.74 Å². The van der Waals surface area contributed by atoms with Gasteiger partial charge in [0.1, 0.15) is 11.4 Å². The molecule has 110 valence electrons. The van der Waals surface area contributed by atoms with Gasteiger partial charge in [-0.1, -0.05) is 6.07 Å². The quantitative estimate of drug-likeness (QED) is 0.804. The fraction of sp³-hybridized carbons (Fsp3) is 0.200. The lowest BCUT2D eigenvalue weighted by Gasteiger charge is -2.11. The Morgan fingerprint density at radius 1 is 1.19 bits per heavy atom. The van der Waals surface area contributed by atoms with Gasteiger partial charge in [0, 0.05) is 22.9 Å². The van der Waals surface area contributed by atoms with Crippen LogP contribution in [0.5, 0.6) is 5.75 Å². The van der Waals surface area contributed by atoms with Crippen LogP contribution in [0.3, 0.4) is 0 Å². The van der Waals surface area contributed by atoms with Crippen LogP contribution in [0.25, 0.3) is 11.1 Å². The Morgan fingerprint density at radius 3 is 2.38 bits per heavy atom. The molecule has 2 rings (SSSR count). The van der Waals surface area contributed by atoms with Gasteiger partial charge in [0.05, 0.1) is 7.11 Å². The second-order valence-electron chi connectivity index (χ2n) is 4.40. The van der Waals surface area contributed by atoms with Gasteiger partial charge in [0.2, 0.25) is 0 Å². The highest BCUT2D eigenvalue weighted by molar-refractivity contribution is 5.96. The number of hydrogen-bond donors (Lipinski definition) is 0. The predicted octanol–water partition coefficient (Wildman–Crippen LogP) is 3.98. The Balaban J connectivity index is 2.50. The molecule has 0 radical (unpaired) electrons. The number of ether oxygens (including phenoxy) is 1. The lowest BCUT2D eigenvalue weighted by atomic mass is 10.0. The molecule has 6 heteroatoms. The molecule has 1 heterocycles. The molecule has 0 fully saturated rings. The largest absolute Gasteiger partial charge is 0.496 e. The molecule has 0 saturated heterocycles. The molecule has 0 bridgehead atoms. The minimum atomic E-state index is -4.48. The Morgan fingerprint density at radius 2 is 1.90 bits per heavy atom. The maximum Gasteiger partial charge on any atom is 0.433 e. The second kappa shape index (κ2) is 5.55. The fourth-order valence-electron chi connectivity index (χ4n) is 1.87. The van der Waals surface area contributed by atoms with E-state index in [1.165, 1.54) is 20.1 Å². The number of ketones is 1. The molecular weight excluding hydrogens is 283 g/mol. The number of pyridine rings is 1. The number of benzene rings is 1. The van der Waals surface area contributed by atoms with Crippen LogP contribution in [0.2, 0.25) is 0 Å². The average molecular weight is 295 g/mol. The van der Waals surface area contributed by atoms with Gasteiger partial charge in [-0.3, -0.25) is 9.78 Å². The van der Waals surface area contributed by atoms with E-state index in [0.717, 1.165) is 12.3 Å². The van der Waals surface area contributed by atoms with E-state index in [2.05, 4.69) is 4.98 Å². The van der Waals surface area contributed by atoms with Gasteiger partial charge >= 0.3 is 6.18 Å². The smallest absolute Gasteiger partial charge is 0.433 e. The number of hydrogen-bond acceptors (Lipinski definition) is 3. The van der Waals surface area contributed by atoms with Crippen molar-refractivity contribution in [1.29, 1.82) is 0 Å². The highest BCUT2D eigenvalue weighted by Gasteiger charge is 2.32. The zero-order valence-corrected chi connectivity index (χ0v) is 11.4. The summed E-state index contributed by atoms with van der Waals surface area (Å²) in [4.78, 5) is 14.8. The molecule has 2 aromatic rings. The van der Waals surface area contributed by atoms with E-state index in [9.17, 15) is 18.0 Å². The van der Waals surface area contributed by atoms with Gasteiger partial charge in [-0.05, 0) is 31.2 Å². The summed E-state index contributed by atoms with van der Waals surface area (Å²) in [6.45, 7) is 1.41. The summed E-state index contributed by atoms with van der Waals surface area (Å²) in [5, 5.41) is 0. The molecule has 1 aromatic carbocycles. The fourth-order valence-corrected chi connectivity index (χ4v) is 1.87. The monoisotopic (exact) mass is 295 g/mol. The molecule has 3 nitrogen and oxygen atoms in total. The second-order valence-corrected chi connectivity index (χ2v) is 4.40. The van der Waals surface area contributed by atoms with Crippen LogP contribution in [0.4, 0.5) is 13.2 Å². The van der Waals surface area contributed by atoms with E-state index in [1.54, 1.807) is 18.2 Å². The van der Waals surface area contributed by atoms with E-state index in [1.807, 2.05) is 0 Å². The van der Waals surface area contributed by atoms with Crippen molar-refractivity contribution in [3.63, 3.8) is 0 Å². The van der Waals surface area contributed by atoms with Gasteiger partial charge in [-0.15, -0.1) is 0 Å². The van der Waals surface area contributed by atoms with Crippen molar-refractivity contribution in [1.82, 2.24) is 4.98 Å². The summed E-state index contributed by atoms with van der Waals surface area (Å²) in [6, 6.07) is 6.98. The highest BCUT2D eigenvalue weighted by Crippen LogP contribution is 2.33. The highest BCUT2D eigenvalue weighted by atomic mass is 19.4.